The van der Waals surface area contributed by atoms with Gasteiger partial charge in [-0.15, -0.1) is 0 Å². The number of nitrogens with zero attached hydrogens (tertiary/aromatic N) is 1. The van der Waals surface area contributed by atoms with Crippen molar-refractivity contribution in [2.45, 2.75) is 11.4 Å². The van der Waals surface area contributed by atoms with Crippen molar-refractivity contribution < 1.29 is 17.6 Å². The zero-order valence-electron chi connectivity index (χ0n) is 15.5. The zero-order valence-corrected chi connectivity index (χ0v) is 16.4. The summed E-state index contributed by atoms with van der Waals surface area (Å²) in [6.07, 6.45) is 1.47. The second-order valence-electron chi connectivity index (χ2n) is 6.33. The highest BCUT2D eigenvalue weighted by Gasteiger charge is 2.17. The van der Waals surface area contributed by atoms with E-state index in [1.807, 2.05) is 31.1 Å². The Morgan fingerprint density at radius 3 is 2.43 bits per heavy atom. The van der Waals surface area contributed by atoms with Crippen LogP contribution in [0.15, 0.2) is 76.2 Å². The highest BCUT2D eigenvalue weighted by Crippen LogP contribution is 2.18. The summed E-state index contributed by atoms with van der Waals surface area (Å²) in [5, 5.41) is 2.77. The molecular formula is C20H21N3O4S. The van der Waals surface area contributed by atoms with Crippen LogP contribution in [0.2, 0.25) is 0 Å². The van der Waals surface area contributed by atoms with Crippen LogP contribution in [0.3, 0.4) is 0 Å². The van der Waals surface area contributed by atoms with Gasteiger partial charge in [0.1, 0.15) is 5.76 Å². The zero-order chi connectivity index (χ0) is 20.1. The minimum atomic E-state index is -3.78. The first-order valence-electron chi connectivity index (χ1n) is 8.56. The van der Waals surface area contributed by atoms with Crippen LogP contribution < -0.4 is 14.9 Å². The van der Waals surface area contributed by atoms with Crippen molar-refractivity contribution in [3.8, 4) is 0 Å². The Balaban J connectivity index is 1.71. The Morgan fingerprint density at radius 1 is 1.04 bits per heavy atom. The molecule has 3 aromatic rings. The molecule has 0 spiro atoms. The van der Waals surface area contributed by atoms with Crippen LogP contribution in [0.4, 0.5) is 11.4 Å². The van der Waals surface area contributed by atoms with Crippen molar-refractivity contribution in [1.82, 2.24) is 4.72 Å². The molecule has 2 N–H and O–H groups in total. The number of anilines is 2. The van der Waals surface area contributed by atoms with Gasteiger partial charge in [-0.25, -0.2) is 13.1 Å². The maximum absolute atomic E-state index is 12.5. The predicted octanol–water partition coefficient (Wildman–Crippen LogP) is 3.08. The van der Waals surface area contributed by atoms with E-state index in [2.05, 4.69) is 10.0 Å². The third-order valence-electron chi connectivity index (χ3n) is 4.06. The van der Waals surface area contributed by atoms with Gasteiger partial charge in [-0.2, -0.15) is 0 Å². The molecule has 7 nitrogen and oxygen atoms in total. The monoisotopic (exact) mass is 399 g/mol. The summed E-state index contributed by atoms with van der Waals surface area (Å²) in [6.45, 7) is 0.0317. The van der Waals surface area contributed by atoms with Gasteiger partial charge in [0.05, 0.1) is 17.7 Å². The standard InChI is InChI=1S/C20H21N3O4S/c1-23(2)17-10-8-16(9-11-17)22-20(24)15-5-3-7-19(13-15)28(25,26)21-14-18-6-4-12-27-18/h3-13,21H,14H2,1-2H3,(H,22,24). The molecule has 0 saturated heterocycles. The SMILES string of the molecule is CN(C)c1ccc(NC(=O)c2cccc(S(=O)(=O)NCc3ccco3)c2)cc1. The Kier molecular flexibility index (Phi) is 5.81. The van der Waals surface area contributed by atoms with Crippen LogP contribution >= 0.6 is 0 Å². The van der Waals surface area contributed by atoms with Gasteiger partial charge >= 0.3 is 0 Å². The highest BCUT2D eigenvalue weighted by molar-refractivity contribution is 7.89. The predicted molar refractivity (Wildman–Crippen MR) is 108 cm³/mol. The van der Waals surface area contributed by atoms with Gasteiger partial charge in [-0.1, -0.05) is 6.07 Å². The maximum Gasteiger partial charge on any atom is 0.255 e. The lowest BCUT2D eigenvalue weighted by atomic mass is 10.2. The fraction of sp³-hybridized carbons (Fsp3) is 0.150. The van der Waals surface area contributed by atoms with E-state index < -0.39 is 10.0 Å². The third kappa shape index (κ3) is 4.79. The van der Waals surface area contributed by atoms with Crippen molar-refractivity contribution in [2.24, 2.45) is 0 Å². The molecule has 0 aliphatic heterocycles. The van der Waals surface area contributed by atoms with E-state index in [0.29, 0.717) is 11.4 Å². The molecule has 0 aliphatic rings. The molecule has 0 atom stereocenters. The number of benzene rings is 2. The van der Waals surface area contributed by atoms with E-state index in [-0.39, 0.29) is 22.9 Å². The summed E-state index contributed by atoms with van der Waals surface area (Å²) in [5.74, 6) is 0.110. The van der Waals surface area contributed by atoms with Gasteiger partial charge < -0.3 is 14.6 Å². The largest absolute Gasteiger partial charge is 0.468 e. The number of carbonyl (C=O) groups is 1. The average Bonchev–Trinajstić information content (AvgIpc) is 3.21. The van der Waals surface area contributed by atoms with Crippen molar-refractivity contribution >= 4 is 27.3 Å². The highest BCUT2D eigenvalue weighted by atomic mass is 32.2. The van der Waals surface area contributed by atoms with Crippen molar-refractivity contribution in [3.63, 3.8) is 0 Å². The Hall–Kier alpha value is -3.10. The number of rotatable bonds is 7. The fourth-order valence-electron chi connectivity index (χ4n) is 2.51. The second kappa shape index (κ2) is 8.28. The normalized spacial score (nSPS) is 11.2. The summed E-state index contributed by atoms with van der Waals surface area (Å²) in [4.78, 5) is 14.5. The summed E-state index contributed by atoms with van der Waals surface area (Å²) in [5.41, 5.74) is 1.88. The molecular weight excluding hydrogens is 378 g/mol. The number of sulfonamides is 1. The average molecular weight is 399 g/mol. The summed E-state index contributed by atoms with van der Waals surface area (Å²) in [7, 11) is 0.0841. The number of nitrogens with one attached hydrogen (secondary N) is 2. The minimum Gasteiger partial charge on any atom is -0.468 e. The van der Waals surface area contributed by atoms with Gasteiger partial charge in [0, 0.05) is 31.0 Å². The van der Waals surface area contributed by atoms with Crippen LogP contribution in [-0.4, -0.2) is 28.4 Å². The van der Waals surface area contributed by atoms with Gasteiger partial charge in [-0.05, 0) is 54.6 Å². The molecule has 8 heteroatoms. The van der Waals surface area contributed by atoms with E-state index in [1.54, 1.807) is 30.3 Å². The first-order valence-corrected chi connectivity index (χ1v) is 10.0. The van der Waals surface area contributed by atoms with E-state index in [9.17, 15) is 13.2 Å². The van der Waals surface area contributed by atoms with Crippen LogP contribution in [0.25, 0.3) is 0 Å². The summed E-state index contributed by atoms with van der Waals surface area (Å²) < 4.78 is 32.5. The van der Waals surface area contributed by atoms with Crippen molar-refractivity contribution in [3.05, 3.63) is 78.3 Å². The van der Waals surface area contributed by atoms with Crippen molar-refractivity contribution in [2.75, 3.05) is 24.3 Å². The maximum atomic E-state index is 12.5. The van der Waals surface area contributed by atoms with Crippen LogP contribution in [0.5, 0.6) is 0 Å². The van der Waals surface area contributed by atoms with Crippen molar-refractivity contribution in [1.29, 1.82) is 0 Å². The van der Waals surface area contributed by atoms with E-state index in [0.717, 1.165) is 5.69 Å². The Bertz CT molecular complexity index is 1040. The van der Waals surface area contributed by atoms with Gasteiger partial charge in [0.15, 0.2) is 0 Å². The fourth-order valence-corrected chi connectivity index (χ4v) is 3.55. The number of hydrogen-bond donors (Lipinski definition) is 2. The number of furan rings is 1. The molecule has 0 aliphatic carbocycles. The molecule has 3 rings (SSSR count). The molecule has 28 heavy (non-hydrogen) atoms. The molecule has 0 saturated carbocycles. The second-order valence-corrected chi connectivity index (χ2v) is 8.09. The van der Waals surface area contributed by atoms with Gasteiger partial charge in [0.2, 0.25) is 10.0 Å². The minimum absolute atomic E-state index is 0.00895. The van der Waals surface area contributed by atoms with E-state index >= 15 is 0 Å². The van der Waals surface area contributed by atoms with Crippen LogP contribution in [0.1, 0.15) is 16.1 Å². The molecule has 0 bridgehead atoms. The molecule has 1 aromatic heterocycles. The number of hydrogen-bond acceptors (Lipinski definition) is 5. The quantitative estimate of drug-likeness (QED) is 0.637. The van der Waals surface area contributed by atoms with Crippen LogP contribution in [-0.2, 0) is 16.6 Å². The Morgan fingerprint density at radius 2 is 1.79 bits per heavy atom. The first-order chi connectivity index (χ1) is 13.3. The first kappa shape index (κ1) is 19.7. The van der Waals surface area contributed by atoms with Gasteiger partial charge in [0.25, 0.3) is 5.91 Å². The lowest BCUT2D eigenvalue weighted by Gasteiger charge is -2.13. The van der Waals surface area contributed by atoms with Gasteiger partial charge in [-0.3, -0.25) is 4.79 Å². The molecule has 2 aromatic carbocycles. The molecule has 0 unspecified atom stereocenters. The molecule has 1 heterocycles. The Labute approximate surface area is 164 Å². The molecule has 1 amide bonds. The van der Waals surface area contributed by atoms with E-state index in [4.69, 9.17) is 4.42 Å². The third-order valence-corrected chi connectivity index (χ3v) is 5.46. The number of carbonyl (C=O) groups excluding carboxylic acids is 1. The smallest absolute Gasteiger partial charge is 0.255 e. The summed E-state index contributed by atoms with van der Waals surface area (Å²) in [6, 6.07) is 16.6. The van der Waals surface area contributed by atoms with Crippen LogP contribution in [0, 0.1) is 0 Å². The molecule has 0 radical (unpaired) electrons. The topological polar surface area (TPSA) is 91.7 Å². The number of amides is 1. The van der Waals surface area contributed by atoms with E-state index in [1.165, 1.54) is 24.5 Å². The lowest BCUT2D eigenvalue weighted by molar-refractivity contribution is 0.102. The molecule has 146 valence electrons. The lowest BCUT2D eigenvalue weighted by Crippen LogP contribution is -2.23. The summed E-state index contributed by atoms with van der Waals surface area (Å²) >= 11 is 0. The molecule has 0 fully saturated rings.